The number of anilines is 1. The summed E-state index contributed by atoms with van der Waals surface area (Å²) in [4.78, 5) is 15.8. The van der Waals surface area contributed by atoms with Gasteiger partial charge in [-0.2, -0.15) is 11.8 Å². The topological polar surface area (TPSA) is 51.2 Å². The molecule has 1 aromatic heterocycles. The van der Waals surface area contributed by atoms with Gasteiger partial charge in [-0.05, 0) is 31.8 Å². The third-order valence-electron chi connectivity index (χ3n) is 2.99. The number of thiazole rings is 1. The molecule has 0 saturated heterocycles. The lowest BCUT2D eigenvalue weighted by molar-refractivity contribution is -0.143. The Bertz CT molecular complexity index is 397. The van der Waals surface area contributed by atoms with Crippen LogP contribution in [0, 0.1) is 0 Å². The van der Waals surface area contributed by atoms with Crippen LogP contribution >= 0.6 is 23.1 Å². The predicted molar refractivity (Wildman–Crippen MR) is 92.4 cm³/mol. The van der Waals surface area contributed by atoms with E-state index in [1.807, 2.05) is 24.1 Å². The Balaban J connectivity index is 2.10. The SMILES string of the molecule is CCOC(=O)CCc1csc(NCCCCCCSC)n1. The lowest BCUT2D eigenvalue weighted by Gasteiger charge is -2.02. The van der Waals surface area contributed by atoms with E-state index in [1.54, 1.807) is 11.3 Å². The second kappa shape index (κ2) is 11.9. The molecule has 0 radical (unpaired) electrons. The number of aromatic nitrogens is 1. The standard InChI is InChI=1S/C15H26N2O2S2/c1-3-19-14(18)9-8-13-12-21-15(17-13)16-10-6-4-5-7-11-20-2/h12H,3-11H2,1-2H3,(H,16,17). The van der Waals surface area contributed by atoms with Crippen molar-refractivity contribution in [1.29, 1.82) is 0 Å². The molecule has 1 aromatic rings. The number of aryl methyl sites for hydroxylation is 1. The molecule has 1 N–H and O–H groups in total. The summed E-state index contributed by atoms with van der Waals surface area (Å²) in [7, 11) is 0. The molecule has 0 amide bonds. The molecule has 0 atom stereocenters. The van der Waals surface area contributed by atoms with Crippen LogP contribution in [0.25, 0.3) is 0 Å². The zero-order valence-corrected chi connectivity index (χ0v) is 14.7. The molecule has 0 aliphatic carbocycles. The van der Waals surface area contributed by atoms with Crippen molar-refractivity contribution < 1.29 is 9.53 Å². The van der Waals surface area contributed by atoms with E-state index >= 15 is 0 Å². The maximum atomic E-state index is 11.3. The number of nitrogens with one attached hydrogen (secondary N) is 1. The van der Waals surface area contributed by atoms with Crippen molar-refractivity contribution in [2.45, 2.75) is 45.4 Å². The number of thioether (sulfide) groups is 1. The van der Waals surface area contributed by atoms with E-state index in [0.29, 0.717) is 19.4 Å². The fraction of sp³-hybridized carbons (Fsp3) is 0.733. The lowest BCUT2D eigenvalue weighted by Crippen LogP contribution is -2.05. The van der Waals surface area contributed by atoms with Crippen LogP contribution in [0.15, 0.2) is 5.38 Å². The second-order valence-electron chi connectivity index (χ2n) is 4.78. The number of unbranched alkanes of at least 4 members (excludes halogenated alkanes) is 3. The predicted octanol–water partition coefficient (Wildman–Crippen LogP) is 3.97. The monoisotopic (exact) mass is 330 g/mol. The maximum absolute atomic E-state index is 11.3. The molecule has 21 heavy (non-hydrogen) atoms. The number of hydrogen-bond acceptors (Lipinski definition) is 6. The van der Waals surface area contributed by atoms with Gasteiger partial charge in [0, 0.05) is 18.3 Å². The number of carbonyl (C=O) groups excluding carboxylic acids is 1. The number of esters is 1. The summed E-state index contributed by atoms with van der Waals surface area (Å²) in [6.45, 7) is 3.24. The van der Waals surface area contributed by atoms with Gasteiger partial charge in [-0.15, -0.1) is 11.3 Å². The Morgan fingerprint density at radius 1 is 1.38 bits per heavy atom. The van der Waals surface area contributed by atoms with Gasteiger partial charge in [-0.1, -0.05) is 12.8 Å². The molecule has 120 valence electrons. The third-order valence-corrected chi connectivity index (χ3v) is 4.54. The molecule has 0 aromatic carbocycles. The van der Waals surface area contributed by atoms with E-state index in [1.165, 1.54) is 31.4 Å². The molecule has 6 heteroatoms. The second-order valence-corrected chi connectivity index (χ2v) is 6.63. The van der Waals surface area contributed by atoms with Crippen LogP contribution in [-0.2, 0) is 16.0 Å². The molecular formula is C15H26N2O2S2. The summed E-state index contributed by atoms with van der Waals surface area (Å²) in [6, 6.07) is 0. The highest BCUT2D eigenvalue weighted by Gasteiger charge is 2.06. The summed E-state index contributed by atoms with van der Waals surface area (Å²) >= 11 is 3.53. The maximum Gasteiger partial charge on any atom is 0.306 e. The van der Waals surface area contributed by atoms with Crippen molar-refractivity contribution in [3.05, 3.63) is 11.1 Å². The Morgan fingerprint density at radius 2 is 2.19 bits per heavy atom. The zero-order chi connectivity index (χ0) is 15.3. The molecule has 1 rings (SSSR count). The number of rotatable bonds is 12. The first-order valence-electron chi connectivity index (χ1n) is 7.59. The van der Waals surface area contributed by atoms with Crippen molar-refractivity contribution in [3.63, 3.8) is 0 Å². The summed E-state index contributed by atoms with van der Waals surface area (Å²) in [5.74, 6) is 1.12. The number of nitrogens with zero attached hydrogens (tertiary/aromatic N) is 1. The summed E-state index contributed by atoms with van der Waals surface area (Å²) in [5.41, 5.74) is 0.968. The van der Waals surface area contributed by atoms with Crippen molar-refractivity contribution in [2.24, 2.45) is 0 Å². The van der Waals surface area contributed by atoms with Crippen LogP contribution in [0.3, 0.4) is 0 Å². The number of carbonyl (C=O) groups is 1. The van der Waals surface area contributed by atoms with Gasteiger partial charge in [0.1, 0.15) is 0 Å². The Morgan fingerprint density at radius 3 is 2.95 bits per heavy atom. The molecule has 0 spiro atoms. The van der Waals surface area contributed by atoms with Gasteiger partial charge in [-0.3, -0.25) is 4.79 Å². The van der Waals surface area contributed by atoms with Crippen molar-refractivity contribution in [3.8, 4) is 0 Å². The lowest BCUT2D eigenvalue weighted by atomic mass is 10.2. The molecule has 0 unspecified atom stereocenters. The highest BCUT2D eigenvalue weighted by atomic mass is 32.2. The van der Waals surface area contributed by atoms with Gasteiger partial charge in [0.05, 0.1) is 18.7 Å². The van der Waals surface area contributed by atoms with Gasteiger partial charge in [-0.25, -0.2) is 4.98 Å². The normalized spacial score (nSPS) is 10.6. The van der Waals surface area contributed by atoms with Crippen molar-refractivity contribution in [1.82, 2.24) is 4.98 Å². The highest BCUT2D eigenvalue weighted by molar-refractivity contribution is 7.98. The molecule has 1 heterocycles. The van der Waals surface area contributed by atoms with Gasteiger partial charge in [0.15, 0.2) is 5.13 Å². The van der Waals surface area contributed by atoms with Crippen LogP contribution in [0.4, 0.5) is 5.13 Å². The van der Waals surface area contributed by atoms with E-state index in [2.05, 4.69) is 16.6 Å². The van der Waals surface area contributed by atoms with Gasteiger partial charge in [0.25, 0.3) is 0 Å². The zero-order valence-electron chi connectivity index (χ0n) is 13.0. The first kappa shape index (κ1) is 18.3. The van der Waals surface area contributed by atoms with E-state index in [0.717, 1.165) is 17.4 Å². The number of hydrogen-bond donors (Lipinski definition) is 1. The fourth-order valence-corrected chi connectivity index (χ4v) is 3.15. The van der Waals surface area contributed by atoms with Crippen LogP contribution in [0.2, 0.25) is 0 Å². The van der Waals surface area contributed by atoms with Crippen molar-refractivity contribution in [2.75, 3.05) is 30.5 Å². The first-order chi connectivity index (χ1) is 10.3. The van der Waals surface area contributed by atoms with Gasteiger partial charge < -0.3 is 10.1 Å². The van der Waals surface area contributed by atoms with Gasteiger partial charge >= 0.3 is 5.97 Å². The summed E-state index contributed by atoms with van der Waals surface area (Å²) in [6.07, 6.45) is 8.31. The summed E-state index contributed by atoms with van der Waals surface area (Å²) < 4.78 is 4.91. The molecule has 0 bridgehead atoms. The van der Waals surface area contributed by atoms with E-state index in [-0.39, 0.29) is 5.97 Å². The number of ether oxygens (including phenoxy) is 1. The minimum atomic E-state index is -0.148. The molecule has 4 nitrogen and oxygen atoms in total. The molecule has 0 aliphatic rings. The van der Waals surface area contributed by atoms with Crippen LogP contribution in [-0.4, -0.2) is 36.1 Å². The van der Waals surface area contributed by atoms with Crippen molar-refractivity contribution >= 4 is 34.2 Å². The largest absolute Gasteiger partial charge is 0.466 e. The highest BCUT2D eigenvalue weighted by Crippen LogP contribution is 2.17. The Hall–Kier alpha value is -0.750. The average molecular weight is 331 g/mol. The minimum Gasteiger partial charge on any atom is -0.466 e. The van der Waals surface area contributed by atoms with Crippen LogP contribution in [0.1, 0.15) is 44.7 Å². The quantitative estimate of drug-likeness (QED) is 0.464. The first-order valence-corrected chi connectivity index (χ1v) is 9.86. The fourth-order valence-electron chi connectivity index (χ4n) is 1.89. The van der Waals surface area contributed by atoms with E-state index in [9.17, 15) is 4.79 Å². The van der Waals surface area contributed by atoms with E-state index < -0.39 is 0 Å². The molecular weight excluding hydrogens is 304 g/mol. The molecule has 0 saturated carbocycles. The molecule has 0 aliphatic heterocycles. The minimum absolute atomic E-state index is 0.148. The van der Waals surface area contributed by atoms with E-state index in [4.69, 9.17) is 4.74 Å². The summed E-state index contributed by atoms with van der Waals surface area (Å²) in [5, 5.41) is 6.33. The van der Waals surface area contributed by atoms with Crippen LogP contribution in [0.5, 0.6) is 0 Å². The third kappa shape index (κ3) is 8.98. The smallest absolute Gasteiger partial charge is 0.306 e. The Kier molecular flexibility index (Phi) is 10.3. The van der Waals surface area contributed by atoms with Gasteiger partial charge in [0.2, 0.25) is 0 Å². The van der Waals surface area contributed by atoms with Crippen LogP contribution < -0.4 is 5.32 Å². The average Bonchev–Trinajstić information content (AvgIpc) is 2.92. The Labute approximate surface area is 136 Å². The molecule has 0 fully saturated rings.